The summed E-state index contributed by atoms with van der Waals surface area (Å²) in [5.74, 6) is -0.451. The van der Waals surface area contributed by atoms with Crippen molar-refractivity contribution < 1.29 is 19.4 Å². The molecule has 0 radical (unpaired) electrons. The molecule has 0 aliphatic heterocycles. The van der Waals surface area contributed by atoms with Crippen LogP contribution in [0.2, 0.25) is 5.02 Å². The zero-order valence-corrected chi connectivity index (χ0v) is 21.2. The van der Waals surface area contributed by atoms with E-state index in [4.69, 9.17) is 16.3 Å². The number of anilines is 1. The van der Waals surface area contributed by atoms with E-state index in [-0.39, 0.29) is 5.02 Å². The molecule has 188 valence electrons. The van der Waals surface area contributed by atoms with Crippen molar-refractivity contribution in [2.45, 2.75) is 38.2 Å². The van der Waals surface area contributed by atoms with Gasteiger partial charge in [-0.15, -0.1) is 0 Å². The van der Waals surface area contributed by atoms with Crippen LogP contribution in [0.1, 0.15) is 42.6 Å². The van der Waals surface area contributed by atoms with E-state index in [0.717, 1.165) is 27.8 Å². The fraction of sp³-hybridized carbons (Fsp3) is 0.207. The summed E-state index contributed by atoms with van der Waals surface area (Å²) >= 11 is 6.32. The highest BCUT2D eigenvalue weighted by Crippen LogP contribution is 2.49. The number of nitrogens with zero attached hydrogens (tertiary/aromatic N) is 2. The summed E-state index contributed by atoms with van der Waals surface area (Å²) in [6, 6.07) is 23.0. The van der Waals surface area contributed by atoms with Crippen molar-refractivity contribution in [1.29, 1.82) is 0 Å². The molecule has 1 fully saturated rings. The first-order valence-corrected chi connectivity index (χ1v) is 12.4. The molecular formula is C29H26ClN3O4. The van der Waals surface area contributed by atoms with E-state index in [0.29, 0.717) is 24.3 Å². The predicted molar refractivity (Wildman–Crippen MR) is 142 cm³/mol. The Balaban J connectivity index is 1.33. The number of aliphatic carboxylic acids is 1. The maximum Gasteiger partial charge on any atom is 0.413 e. The zero-order valence-electron chi connectivity index (χ0n) is 20.4. The minimum atomic E-state index is -0.760. The van der Waals surface area contributed by atoms with E-state index < -0.39 is 23.6 Å². The summed E-state index contributed by atoms with van der Waals surface area (Å²) < 4.78 is 7.05. The van der Waals surface area contributed by atoms with E-state index in [1.54, 1.807) is 11.6 Å². The summed E-state index contributed by atoms with van der Waals surface area (Å²) in [6.07, 6.45) is 1.75. The van der Waals surface area contributed by atoms with E-state index in [1.807, 2.05) is 79.7 Å². The van der Waals surface area contributed by atoms with Gasteiger partial charge in [0.05, 0.1) is 17.3 Å². The third-order valence-corrected chi connectivity index (χ3v) is 7.14. The standard InChI is InChI=1S/C29H26ClN3O4/c1-18-16-22(29(14-15-29)27(34)35)10-13-24(18)21-8-11-23(12-9-21)33-26(25(30)17-31-33)32-28(36)37-19(2)20-6-4-3-5-7-20/h3-13,16-17,19H,14-15H2,1-2H3,(H,32,36)(H,34,35). The highest BCUT2D eigenvalue weighted by molar-refractivity contribution is 6.33. The molecule has 4 aromatic rings. The van der Waals surface area contributed by atoms with E-state index in [1.165, 1.54) is 6.20 Å². The third-order valence-electron chi connectivity index (χ3n) is 6.86. The number of amides is 1. The first-order chi connectivity index (χ1) is 17.8. The number of nitrogens with one attached hydrogen (secondary N) is 1. The average Bonchev–Trinajstić information content (AvgIpc) is 3.64. The van der Waals surface area contributed by atoms with E-state index >= 15 is 0 Å². The molecule has 1 atom stereocenters. The van der Waals surface area contributed by atoms with Gasteiger partial charge >= 0.3 is 12.1 Å². The topological polar surface area (TPSA) is 93.5 Å². The molecule has 5 rings (SSSR count). The summed E-state index contributed by atoms with van der Waals surface area (Å²) in [5.41, 5.74) is 4.73. The van der Waals surface area contributed by atoms with Crippen LogP contribution in [-0.4, -0.2) is 26.9 Å². The van der Waals surface area contributed by atoms with Crippen LogP contribution in [0.3, 0.4) is 0 Å². The monoisotopic (exact) mass is 515 g/mol. The van der Waals surface area contributed by atoms with Gasteiger partial charge in [-0.25, -0.2) is 9.48 Å². The largest absolute Gasteiger partial charge is 0.481 e. The Bertz CT molecular complexity index is 1460. The maximum absolute atomic E-state index is 12.6. The molecule has 7 nitrogen and oxygen atoms in total. The van der Waals surface area contributed by atoms with Gasteiger partial charge in [-0.1, -0.05) is 72.3 Å². The molecule has 37 heavy (non-hydrogen) atoms. The Morgan fingerprint density at radius 3 is 2.41 bits per heavy atom. The van der Waals surface area contributed by atoms with Crippen LogP contribution < -0.4 is 5.32 Å². The molecule has 0 saturated heterocycles. The highest BCUT2D eigenvalue weighted by atomic mass is 35.5. The van der Waals surface area contributed by atoms with Gasteiger partial charge in [-0.2, -0.15) is 5.10 Å². The lowest BCUT2D eigenvalue weighted by Gasteiger charge is -2.16. The van der Waals surface area contributed by atoms with Crippen LogP contribution >= 0.6 is 11.6 Å². The first kappa shape index (κ1) is 24.6. The molecule has 1 heterocycles. The van der Waals surface area contributed by atoms with Crippen LogP contribution in [0, 0.1) is 6.92 Å². The number of hydrogen-bond acceptors (Lipinski definition) is 4. The maximum atomic E-state index is 12.6. The Morgan fingerprint density at radius 1 is 1.08 bits per heavy atom. The number of carboxylic acids is 1. The van der Waals surface area contributed by atoms with Gasteiger partial charge in [0, 0.05) is 0 Å². The SMILES string of the molecule is Cc1cc(C2(C(=O)O)CC2)ccc1-c1ccc(-n2ncc(Cl)c2NC(=O)OC(C)c2ccccc2)cc1. The van der Waals surface area contributed by atoms with Gasteiger partial charge < -0.3 is 9.84 Å². The number of halogens is 1. The van der Waals surface area contributed by atoms with Gasteiger partial charge in [0.1, 0.15) is 11.1 Å². The fourth-order valence-electron chi connectivity index (χ4n) is 4.53. The van der Waals surface area contributed by atoms with Crippen molar-refractivity contribution in [1.82, 2.24) is 9.78 Å². The number of aromatic nitrogens is 2. The molecule has 1 aliphatic rings. The van der Waals surface area contributed by atoms with Crippen molar-refractivity contribution in [3.63, 3.8) is 0 Å². The normalized spacial score (nSPS) is 14.6. The molecule has 8 heteroatoms. The van der Waals surface area contributed by atoms with Crippen LogP contribution in [0.15, 0.2) is 79.0 Å². The summed E-state index contributed by atoms with van der Waals surface area (Å²) in [5, 5.41) is 16.9. The second-order valence-electron chi connectivity index (χ2n) is 9.30. The number of carbonyl (C=O) groups excluding carboxylic acids is 1. The summed E-state index contributed by atoms with van der Waals surface area (Å²) in [7, 11) is 0. The highest BCUT2D eigenvalue weighted by Gasteiger charge is 2.51. The second kappa shape index (κ2) is 9.75. The van der Waals surface area contributed by atoms with Gasteiger partial charge in [-0.05, 0) is 66.6 Å². The lowest BCUT2D eigenvalue weighted by atomic mass is 9.91. The van der Waals surface area contributed by atoms with Crippen molar-refractivity contribution in [3.8, 4) is 16.8 Å². The number of rotatable bonds is 7. The molecule has 1 aliphatic carbocycles. The molecule has 1 unspecified atom stereocenters. The molecule has 3 aromatic carbocycles. The number of aryl methyl sites for hydroxylation is 1. The van der Waals surface area contributed by atoms with Gasteiger partial charge in [0.15, 0.2) is 5.82 Å². The Morgan fingerprint density at radius 2 is 1.78 bits per heavy atom. The predicted octanol–water partition coefficient (Wildman–Crippen LogP) is 6.93. The lowest BCUT2D eigenvalue weighted by Crippen LogP contribution is -2.19. The van der Waals surface area contributed by atoms with Crippen molar-refractivity contribution >= 4 is 29.5 Å². The van der Waals surface area contributed by atoms with Gasteiger partial charge in [0.2, 0.25) is 0 Å². The van der Waals surface area contributed by atoms with Crippen LogP contribution in [0.5, 0.6) is 0 Å². The second-order valence-corrected chi connectivity index (χ2v) is 9.71. The first-order valence-electron chi connectivity index (χ1n) is 12.0. The number of carboxylic acid groups (broad SMARTS) is 1. The fourth-order valence-corrected chi connectivity index (χ4v) is 4.71. The van der Waals surface area contributed by atoms with Crippen LogP contribution in [0.25, 0.3) is 16.8 Å². The molecule has 2 N–H and O–H groups in total. The molecule has 1 aromatic heterocycles. The van der Waals surface area contributed by atoms with Crippen LogP contribution in [0.4, 0.5) is 10.6 Å². The van der Waals surface area contributed by atoms with E-state index in [2.05, 4.69) is 10.4 Å². The molecule has 1 amide bonds. The summed E-state index contributed by atoms with van der Waals surface area (Å²) in [6.45, 7) is 3.79. The summed E-state index contributed by atoms with van der Waals surface area (Å²) in [4.78, 5) is 24.3. The molecule has 0 spiro atoms. The van der Waals surface area contributed by atoms with Crippen molar-refractivity contribution in [3.05, 3.63) is 101 Å². The molecular weight excluding hydrogens is 490 g/mol. The van der Waals surface area contributed by atoms with Crippen molar-refractivity contribution in [2.75, 3.05) is 5.32 Å². The van der Waals surface area contributed by atoms with Gasteiger partial charge in [0.25, 0.3) is 0 Å². The number of ether oxygens (including phenoxy) is 1. The zero-order chi connectivity index (χ0) is 26.2. The average molecular weight is 516 g/mol. The Hall–Kier alpha value is -4.10. The number of benzene rings is 3. The van der Waals surface area contributed by atoms with E-state index in [9.17, 15) is 14.7 Å². The van der Waals surface area contributed by atoms with Gasteiger partial charge in [-0.3, -0.25) is 10.1 Å². The minimum absolute atomic E-state index is 0.284. The number of hydrogen-bond donors (Lipinski definition) is 2. The number of carbonyl (C=O) groups is 2. The Kier molecular flexibility index (Phi) is 6.48. The minimum Gasteiger partial charge on any atom is -0.481 e. The third kappa shape index (κ3) is 4.82. The van der Waals surface area contributed by atoms with Crippen molar-refractivity contribution in [2.24, 2.45) is 0 Å². The lowest BCUT2D eigenvalue weighted by molar-refractivity contribution is -0.140. The Labute approximate surface area is 219 Å². The molecule has 0 bridgehead atoms. The quantitative estimate of drug-likeness (QED) is 0.278. The smallest absolute Gasteiger partial charge is 0.413 e. The van der Waals surface area contributed by atoms with Crippen LogP contribution in [-0.2, 0) is 14.9 Å². The molecule has 1 saturated carbocycles.